The second-order valence-electron chi connectivity index (χ2n) is 7.38. The quantitative estimate of drug-likeness (QED) is 0.491. The van der Waals surface area contributed by atoms with E-state index in [0.29, 0.717) is 20.5 Å². The molecule has 0 spiro atoms. The molecule has 0 amide bonds. The number of para-hydroxylation sites is 1. The molecule has 1 unspecified atom stereocenters. The molecular weight excluding hydrogens is 486 g/mol. The maximum absolute atomic E-state index is 12.4. The molecule has 1 N–H and O–H groups in total. The fourth-order valence-corrected chi connectivity index (χ4v) is 4.74. The number of nitrogens with zero attached hydrogens (tertiary/aromatic N) is 1. The van der Waals surface area contributed by atoms with Crippen LogP contribution in [0.15, 0.2) is 64.1 Å². The number of carbonyl (C=O) groups is 1. The van der Waals surface area contributed by atoms with Crippen LogP contribution in [0.3, 0.4) is 0 Å². The monoisotopic (exact) mass is 503 g/mol. The van der Waals surface area contributed by atoms with Crippen LogP contribution in [0.1, 0.15) is 25.3 Å². The lowest BCUT2D eigenvalue weighted by atomic mass is 9.78. The Balaban J connectivity index is 2.01. The average Bonchev–Trinajstić information content (AvgIpc) is 3.12. The van der Waals surface area contributed by atoms with Crippen molar-refractivity contribution in [2.45, 2.75) is 19.8 Å². The summed E-state index contributed by atoms with van der Waals surface area (Å²) in [6, 6.07) is 18.7. The van der Waals surface area contributed by atoms with Gasteiger partial charge in [0.1, 0.15) is 16.9 Å². The van der Waals surface area contributed by atoms with Crippen molar-refractivity contribution < 1.29 is 14.6 Å². The molecule has 1 aliphatic carbocycles. The molecule has 0 heterocycles. The third kappa shape index (κ3) is 3.38. The van der Waals surface area contributed by atoms with Gasteiger partial charge in [-0.2, -0.15) is 5.26 Å². The Morgan fingerprint density at radius 3 is 2.39 bits per heavy atom. The molecule has 0 aromatic heterocycles. The molecule has 2 aromatic rings. The first-order chi connectivity index (χ1) is 13.2. The molecule has 3 atom stereocenters. The number of halogens is 2. The van der Waals surface area contributed by atoms with Gasteiger partial charge >= 0.3 is 5.97 Å². The molecule has 0 radical (unpaired) electrons. The van der Waals surface area contributed by atoms with Crippen LogP contribution in [0, 0.1) is 28.1 Å². The number of carboxylic acids is 1. The van der Waals surface area contributed by atoms with Crippen LogP contribution in [0.25, 0.3) is 0 Å². The first kappa shape index (κ1) is 20.6. The van der Waals surface area contributed by atoms with Crippen molar-refractivity contribution in [1.82, 2.24) is 0 Å². The van der Waals surface area contributed by atoms with Gasteiger partial charge in [0.15, 0.2) is 0 Å². The second kappa shape index (κ2) is 7.73. The van der Waals surface area contributed by atoms with Crippen molar-refractivity contribution in [3.63, 3.8) is 0 Å². The highest BCUT2D eigenvalue weighted by Crippen LogP contribution is 2.75. The van der Waals surface area contributed by atoms with Gasteiger partial charge < -0.3 is 9.84 Å². The summed E-state index contributed by atoms with van der Waals surface area (Å²) in [5.41, 5.74) is -1.17. The summed E-state index contributed by atoms with van der Waals surface area (Å²) in [5, 5.41) is 20.1. The van der Waals surface area contributed by atoms with E-state index in [9.17, 15) is 15.2 Å². The normalized spacial score (nSPS) is 23.2. The first-order valence-electron chi connectivity index (χ1n) is 8.73. The van der Waals surface area contributed by atoms with Crippen LogP contribution >= 0.6 is 31.9 Å². The van der Waals surface area contributed by atoms with Crippen LogP contribution in [-0.2, 0) is 4.79 Å². The third-order valence-electron chi connectivity index (χ3n) is 5.65. The minimum Gasteiger partial charge on any atom is -0.481 e. The lowest BCUT2D eigenvalue weighted by Gasteiger charge is -2.22. The van der Waals surface area contributed by atoms with E-state index >= 15 is 0 Å². The van der Waals surface area contributed by atoms with E-state index < -0.39 is 22.7 Å². The summed E-state index contributed by atoms with van der Waals surface area (Å²) in [6.45, 7) is 3.78. The van der Waals surface area contributed by atoms with Gasteiger partial charge in [-0.25, -0.2) is 0 Å². The van der Waals surface area contributed by atoms with E-state index in [1.54, 1.807) is 24.3 Å². The van der Waals surface area contributed by atoms with E-state index in [-0.39, 0.29) is 5.92 Å². The Labute approximate surface area is 181 Å². The van der Waals surface area contributed by atoms with Gasteiger partial charge in [0.25, 0.3) is 0 Å². The molecular formula is C22H19Br2NO3. The minimum atomic E-state index is -1.22. The zero-order valence-electron chi connectivity index (χ0n) is 15.4. The maximum Gasteiger partial charge on any atom is 0.312 e. The topological polar surface area (TPSA) is 70.3 Å². The number of allylic oxidation sites excluding steroid dienone is 1. The average molecular weight is 505 g/mol. The summed E-state index contributed by atoms with van der Waals surface area (Å²) in [7, 11) is 0. The van der Waals surface area contributed by atoms with Crippen LogP contribution in [0.4, 0.5) is 0 Å². The number of benzene rings is 2. The summed E-state index contributed by atoms with van der Waals surface area (Å²) in [4.78, 5) is 12.4. The van der Waals surface area contributed by atoms with E-state index in [1.165, 1.54) is 0 Å². The van der Waals surface area contributed by atoms with Crippen LogP contribution < -0.4 is 4.74 Å². The molecule has 144 valence electrons. The SMILES string of the molecule is CC1(C)[C@@H](C=C(Br)Br)C1(C(=O)O)[C@@H](C#N)c1cccc(Oc2ccccc2)c1. The Bertz CT molecular complexity index is 961. The molecule has 3 rings (SSSR count). The molecule has 4 nitrogen and oxygen atoms in total. The Morgan fingerprint density at radius 1 is 1.18 bits per heavy atom. The zero-order chi connectivity index (χ0) is 20.5. The molecule has 28 heavy (non-hydrogen) atoms. The van der Waals surface area contributed by atoms with Gasteiger partial charge in [-0.1, -0.05) is 50.3 Å². The summed E-state index contributed by atoms with van der Waals surface area (Å²) < 4.78 is 6.55. The number of rotatable bonds is 6. The molecule has 0 saturated heterocycles. The predicted octanol–water partition coefficient (Wildman–Crippen LogP) is 6.44. The smallest absolute Gasteiger partial charge is 0.312 e. The van der Waals surface area contributed by atoms with Gasteiger partial charge in [-0.05, 0) is 67.1 Å². The fraction of sp³-hybridized carbons (Fsp3) is 0.273. The summed E-state index contributed by atoms with van der Waals surface area (Å²) in [5.74, 6) is -0.843. The van der Waals surface area contributed by atoms with Crippen molar-refractivity contribution in [3.05, 3.63) is 69.6 Å². The summed E-state index contributed by atoms with van der Waals surface area (Å²) in [6.07, 6.45) is 1.82. The van der Waals surface area contributed by atoms with Gasteiger partial charge in [0.05, 0.1) is 15.4 Å². The highest BCUT2D eigenvalue weighted by Gasteiger charge is 2.78. The van der Waals surface area contributed by atoms with Crippen molar-refractivity contribution >= 4 is 37.8 Å². The number of hydrogen-bond donors (Lipinski definition) is 1. The fourth-order valence-electron chi connectivity index (χ4n) is 4.21. The lowest BCUT2D eigenvalue weighted by Crippen LogP contribution is -2.28. The summed E-state index contributed by atoms with van der Waals surface area (Å²) >= 11 is 6.65. The van der Waals surface area contributed by atoms with Gasteiger partial charge in [0, 0.05) is 5.92 Å². The van der Waals surface area contributed by atoms with Gasteiger partial charge in [-0.3, -0.25) is 4.79 Å². The zero-order valence-corrected chi connectivity index (χ0v) is 18.6. The highest BCUT2D eigenvalue weighted by molar-refractivity contribution is 9.28. The van der Waals surface area contributed by atoms with Crippen LogP contribution in [-0.4, -0.2) is 11.1 Å². The molecule has 0 bridgehead atoms. The van der Waals surface area contributed by atoms with E-state index in [2.05, 4.69) is 37.9 Å². The minimum absolute atomic E-state index is 0.297. The maximum atomic E-state index is 12.4. The first-order valence-corrected chi connectivity index (χ1v) is 10.3. The van der Waals surface area contributed by atoms with E-state index in [1.807, 2.05) is 50.3 Å². The molecule has 1 fully saturated rings. The molecule has 1 aliphatic rings. The van der Waals surface area contributed by atoms with Gasteiger partial charge in [0.2, 0.25) is 0 Å². The predicted molar refractivity (Wildman–Crippen MR) is 115 cm³/mol. The molecule has 0 aliphatic heterocycles. The Morgan fingerprint density at radius 2 is 1.82 bits per heavy atom. The Hall–Kier alpha value is -2.10. The molecule has 6 heteroatoms. The number of nitriles is 1. The van der Waals surface area contributed by atoms with E-state index in [0.717, 1.165) is 0 Å². The van der Waals surface area contributed by atoms with Crippen molar-refractivity contribution in [1.29, 1.82) is 5.26 Å². The van der Waals surface area contributed by atoms with Crippen molar-refractivity contribution in [2.24, 2.45) is 16.7 Å². The number of hydrogen-bond acceptors (Lipinski definition) is 3. The molecule has 2 aromatic carbocycles. The lowest BCUT2D eigenvalue weighted by molar-refractivity contribution is -0.145. The highest BCUT2D eigenvalue weighted by atomic mass is 79.9. The largest absolute Gasteiger partial charge is 0.481 e. The number of ether oxygens (including phenoxy) is 1. The van der Waals surface area contributed by atoms with Crippen LogP contribution in [0.5, 0.6) is 11.5 Å². The standard InChI is InChI=1S/C22H19Br2NO3/c1-21(2)18(12-19(23)24)22(21,20(26)27)17(13-25)14-7-6-10-16(11-14)28-15-8-4-3-5-9-15/h3-12,17-18H,1-2H3,(H,26,27)/t17-,18+,22?/m0/s1. The molecule has 1 saturated carbocycles. The Kier molecular flexibility index (Phi) is 5.69. The van der Waals surface area contributed by atoms with Crippen molar-refractivity contribution in [2.75, 3.05) is 0 Å². The van der Waals surface area contributed by atoms with E-state index in [4.69, 9.17) is 4.74 Å². The van der Waals surface area contributed by atoms with Gasteiger partial charge in [-0.15, -0.1) is 0 Å². The second-order valence-corrected chi connectivity index (χ2v) is 10.2. The number of carboxylic acid groups (broad SMARTS) is 1. The number of aliphatic carboxylic acids is 1. The third-order valence-corrected chi connectivity index (χ3v) is 6.18. The van der Waals surface area contributed by atoms with Crippen LogP contribution in [0.2, 0.25) is 0 Å². The van der Waals surface area contributed by atoms with Crippen molar-refractivity contribution in [3.8, 4) is 17.6 Å².